The number of anilines is 1. The number of ether oxygens (including phenoxy) is 2. The van der Waals surface area contributed by atoms with Gasteiger partial charge in [-0.05, 0) is 18.1 Å². The fraction of sp³-hybridized carbons (Fsp3) is 0.429. The Labute approximate surface area is 112 Å². The summed E-state index contributed by atoms with van der Waals surface area (Å²) < 4.78 is 10.1. The SMILES string of the molecule is CCCc1cccc2c1OCC(=O)N2CC(=O)OC. The number of rotatable bonds is 4. The van der Waals surface area contributed by atoms with E-state index >= 15 is 0 Å². The molecule has 1 aromatic carbocycles. The van der Waals surface area contributed by atoms with Crippen LogP contribution in [-0.4, -0.2) is 32.1 Å². The largest absolute Gasteiger partial charge is 0.481 e. The van der Waals surface area contributed by atoms with E-state index in [-0.39, 0.29) is 19.1 Å². The molecular formula is C14H17NO4. The second kappa shape index (κ2) is 5.73. The molecule has 0 spiro atoms. The molecule has 0 unspecified atom stereocenters. The van der Waals surface area contributed by atoms with E-state index in [1.165, 1.54) is 12.0 Å². The molecule has 1 aromatic rings. The van der Waals surface area contributed by atoms with Crippen molar-refractivity contribution in [2.24, 2.45) is 0 Å². The molecule has 0 N–H and O–H groups in total. The molecule has 2 rings (SSSR count). The van der Waals surface area contributed by atoms with Crippen LogP contribution in [-0.2, 0) is 20.7 Å². The van der Waals surface area contributed by atoms with Crippen LogP contribution in [0.4, 0.5) is 5.69 Å². The molecular weight excluding hydrogens is 246 g/mol. The molecule has 1 aliphatic rings. The van der Waals surface area contributed by atoms with Gasteiger partial charge in [0.15, 0.2) is 6.61 Å². The molecule has 0 saturated heterocycles. The van der Waals surface area contributed by atoms with Crippen LogP contribution in [0.25, 0.3) is 0 Å². The fourth-order valence-corrected chi connectivity index (χ4v) is 2.13. The smallest absolute Gasteiger partial charge is 0.325 e. The molecule has 0 aromatic heterocycles. The predicted octanol–water partition coefficient (Wildman–Crippen LogP) is 1.54. The maximum Gasteiger partial charge on any atom is 0.325 e. The first kappa shape index (κ1) is 13.4. The summed E-state index contributed by atoms with van der Waals surface area (Å²) in [4.78, 5) is 24.7. The van der Waals surface area contributed by atoms with Crippen LogP contribution >= 0.6 is 0 Å². The zero-order chi connectivity index (χ0) is 13.8. The zero-order valence-corrected chi connectivity index (χ0v) is 11.1. The lowest BCUT2D eigenvalue weighted by molar-refractivity contribution is -0.140. The van der Waals surface area contributed by atoms with E-state index in [0.717, 1.165) is 18.4 Å². The highest BCUT2D eigenvalue weighted by atomic mass is 16.5. The Bertz CT molecular complexity index is 498. The number of para-hydroxylation sites is 1. The molecule has 0 aliphatic carbocycles. The third-order valence-corrected chi connectivity index (χ3v) is 3.04. The highest BCUT2D eigenvalue weighted by Crippen LogP contribution is 2.35. The van der Waals surface area contributed by atoms with Gasteiger partial charge in [0.1, 0.15) is 12.3 Å². The van der Waals surface area contributed by atoms with Crippen molar-refractivity contribution in [2.75, 3.05) is 25.2 Å². The van der Waals surface area contributed by atoms with Gasteiger partial charge in [0.05, 0.1) is 12.8 Å². The van der Waals surface area contributed by atoms with Gasteiger partial charge < -0.3 is 9.47 Å². The molecule has 5 heteroatoms. The lowest BCUT2D eigenvalue weighted by atomic mass is 10.1. The van der Waals surface area contributed by atoms with Gasteiger partial charge in [-0.2, -0.15) is 0 Å². The highest BCUT2D eigenvalue weighted by Gasteiger charge is 2.28. The van der Waals surface area contributed by atoms with Crippen molar-refractivity contribution in [1.82, 2.24) is 0 Å². The Balaban J connectivity index is 2.35. The summed E-state index contributed by atoms with van der Waals surface area (Å²) in [6.45, 7) is 1.96. The first-order valence-corrected chi connectivity index (χ1v) is 6.29. The Hall–Kier alpha value is -2.04. The van der Waals surface area contributed by atoms with Crippen LogP contribution in [0.3, 0.4) is 0 Å². The van der Waals surface area contributed by atoms with E-state index in [2.05, 4.69) is 11.7 Å². The Kier molecular flexibility index (Phi) is 4.04. The summed E-state index contributed by atoms with van der Waals surface area (Å²) in [6, 6.07) is 5.64. The molecule has 19 heavy (non-hydrogen) atoms. The number of fused-ring (bicyclic) bond motifs is 1. The monoisotopic (exact) mass is 263 g/mol. The molecule has 1 aliphatic heterocycles. The number of carbonyl (C=O) groups is 2. The van der Waals surface area contributed by atoms with E-state index in [9.17, 15) is 9.59 Å². The van der Waals surface area contributed by atoms with Crippen LogP contribution in [0, 0.1) is 0 Å². The fourth-order valence-electron chi connectivity index (χ4n) is 2.13. The van der Waals surface area contributed by atoms with Gasteiger partial charge in [0, 0.05) is 0 Å². The van der Waals surface area contributed by atoms with Crippen molar-refractivity contribution < 1.29 is 19.1 Å². The Morgan fingerprint density at radius 2 is 2.26 bits per heavy atom. The Morgan fingerprint density at radius 3 is 2.95 bits per heavy atom. The van der Waals surface area contributed by atoms with Crippen LogP contribution < -0.4 is 9.64 Å². The van der Waals surface area contributed by atoms with E-state index in [0.29, 0.717) is 11.4 Å². The van der Waals surface area contributed by atoms with Crippen LogP contribution in [0.15, 0.2) is 18.2 Å². The third-order valence-electron chi connectivity index (χ3n) is 3.04. The van der Waals surface area contributed by atoms with Gasteiger partial charge in [0.25, 0.3) is 5.91 Å². The van der Waals surface area contributed by atoms with Crippen molar-refractivity contribution in [3.8, 4) is 5.75 Å². The van der Waals surface area contributed by atoms with Gasteiger partial charge in [-0.25, -0.2) is 0 Å². The average molecular weight is 263 g/mol. The summed E-state index contributed by atoms with van der Waals surface area (Å²) in [7, 11) is 1.31. The van der Waals surface area contributed by atoms with Crippen LogP contribution in [0.1, 0.15) is 18.9 Å². The van der Waals surface area contributed by atoms with Gasteiger partial charge in [-0.15, -0.1) is 0 Å². The lowest BCUT2D eigenvalue weighted by Crippen LogP contribution is -2.42. The van der Waals surface area contributed by atoms with Crippen molar-refractivity contribution in [3.05, 3.63) is 23.8 Å². The number of carbonyl (C=O) groups excluding carboxylic acids is 2. The van der Waals surface area contributed by atoms with Crippen molar-refractivity contribution >= 4 is 17.6 Å². The summed E-state index contributed by atoms with van der Waals surface area (Å²) in [6.07, 6.45) is 1.87. The number of hydrogen-bond acceptors (Lipinski definition) is 4. The summed E-state index contributed by atoms with van der Waals surface area (Å²) in [5.41, 5.74) is 1.70. The second-order valence-electron chi connectivity index (χ2n) is 4.36. The van der Waals surface area contributed by atoms with Gasteiger partial charge in [-0.3, -0.25) is 14.5 Å². The summed E-state index contributed by atoms with van der Waals surface area (Å²) in [5, 5.41) is 0. The van der Waals surface area contributed by atoms with Crippen molar-refractivity contribution in [3.63, 3.8) is 0 Å². The van der Waals surface area contributed by atoms with Crippen molar-refractivity contribution in [1.29, 1.82) is 0 Å². The quantitative estimate of drug-likeness (QED) is 0.773. The lowest BCUT2D eigenvalue weighted by Gasteiger charge is -2.29. The van der Waals surface area contributed by atoms with Crippen LogP contribution in [0.5, 0.6) is 5.75 Å². The maximum absolute atomic E-state index is 11.9. The number of methoxy groups -OCH3 is 1. The molecule has 102 valence electrons. The zero-order valence-electron chi connectivity index (χ0n) is 11.1. The van der Waals surface area contributed by atoms with Crippen molar-refractivity contribution in [2.45, 2.75) is 19.8 Å². The number of amides is 1. The van der Waals surface area contributed by atoms with E-state index in [1.807, 2.05) is 12.1 Å². The number of esters is 1. The molecule has 0 bridgehead atoms. The first-order chi connectivity index (χ1) is 9.17. The minimum absolute atomic E-state index is 0.0370. The van der Waals surface area contributed by atoms with Gasteiger partial charge in [0.2, 0.25) is 0 Å². The van der Waals surface area contributed by atoms with Gasteiger partial charge in [-0.1, -0.05) is 25.5 Å². The maximum atomic E-state index is 11.9. The molecule has 0 atom stereocenters. The summed E-state index contributed by atoms with van der Waals surface area (Å²) >= 11 is 0. The standard InChI is InChI=1S/C14H17NO4/c1-3-5-10-6-4-7-11-14(10)19-9-12(16)15(11)8-13(17)18-2/h4,6-7H,3,5,8-9H2,1-2H3. The normalized spacial score (nSPS) is 13.8. The number of nitrogens with zero attached hydrogens (tertiary/aromatic N) is 1. The topological polar surface area (TPSA) is 55.8 Å². The van der Waals surface area contributed by atoms with Gasteiger partial charge >= 0.3 is 5.97 Å². The molecule has 1 amide bonds. The third kappa shape index (κ3) is 2.70. The number of benzene rings is 1. The van der Waals surface area contributed by atoms with E-state index in [4.69, 9.17) is 4.74 Å². The molecule has 0 radical (unpaired) electrons. The minimum Gasteiger partial charge on any atom is -0.481 e. The Morgan fingerprint density at radius 1 is 1.47 bits per heavy atom. The molecule has 5 nitrogen and oxygen atoms in total. The summed E-state index contributed by atoms with van der Waals surface area (Å²) in [5.74, 6) is 0.0292. The average Bonchev–Trinajstić information content (AvgIpc) is 2.42. The van der Waals surface area contributed by atoms with E-state index in [1.54, 1.807) is 6.07 Å². The molecule has 0 fully saturated rings. The number of hydrogen-bond donors (Lipinski definition) is 0. The first-order valence-electron chi connectivity index (χ1n) is 6.29. The molecule has 0 saturated carbocycles. The highest BCUT2D eigenvalue weighted by molar-refractivity contribution is 6.01. The minimum atomic E-state index is -0.443. The second-order valence-corrected chi connectivity index (χ2v) is 4.36. The number of aryl methyl sites for hydroxylation is 1. The molecule has 1 heterocycles. The van der Waals surface area contributed by atoms with Crippen LogP contribution in [0.2, 0.25) is 0 Å². The van der Waals surface area contributed by atoms with E-state index < -0.39 is 5.97 Å². The predicted molar refractivity (Wildman–Crippen MR) is 70.3 cm³/mol.